The summed E-state index contributed by atoms with van der Waals surface area (Å²) in [5.41, 5.74) is 2.78. The van der Waals surface area contributed by atoms with Gasteiger partial charge in [-0.25, -0.2) is 19.3 Å². The van der Waals surface area contributed by atoms with E-state index in [2.05, 4.69) is 43.9 Å². The molecule has 1 aliphatic rings. The molecule has 12 heteroatoms. The van der Waals surface area contributed by atoms with E-state index < -0.39 is 0 Å². The van der Waals surface area contributed by atoms with E-state index in [1.165, 1.54) is 24.0 Å². The third-order valence-corrected chi connectivity index (χ3v) is 8.89. The lowest BCUT2D eigenvalue weighted by atomic mass is 10.1. The number of thiophene rings is 1. The Kier molecular flexibility index (Phi) is 5.93. The number of nitrogens with zero attached hydrogens (tertiary/aromatic N) is 7. The van der Waals surface area contributed by atoms with Crippen LogP contribution in [0.1, 0.15) is 57.6 Å². The van der Waals surface area contributed by atoms with Gasteiger partial charge in [0.05, 0.1) is 18.2 Å². The fraction of sp³-hybridized carbons (Fsp3) is 0.333. The van der Waals surface area contributed by atoms with Crippen molar-refractivity contribution < 1.29 is 9.53 Å². The summed E-state index contributed by atoms with van der Waals surface area (Å²) in [5.74, 6) is 2.68. The molecule has 4 aromatic heterocycles. The average Bonchev–Trinajstić information content (AvgIpc) is 3.22. The third kappa shape index (κ3) is 3.95. The van der Waals surface area contributed by atoms with Crippen LogP contribution in [-0.4, -0.2) is 47.4 Å². The van der Waals surface area contributed by atoms with Crippen LogP contribution in [0, 0.1) is 6.92 Å². The van der Waals surface area contributed by atoms with Gasteiger partial charge >= 0.3 is 5.97 Å². The van der Waals surface area contributed by atoms with Crippen LogP contribution in [0.25, 0.3) is 15.9 Å². The Labute approximate surface area is 219 Å². The minimum absolute atomic E-state index is 0.367. The van der Waals surface area contributed by atoms with E-state index in [4.69, 9.17) is 21.3 Å². The van der Waals surface area contributed by atoms with Crippen LogP contribution >= 0.6 is 34.7 Å². The van der Waals surface area contributed by atoms with Gasteiger partial charge in [-0.1, -0.05) is 35.5 Å². The maximum atomic E-state index is 12.1. The molecule has 0 aliphatic heterocycles. The van der Waals surface area contributed by atoms with Crippen LogP contribution in [0.15, 0.2) is 35.7 Å². The molecular formula is C24H22ClN7O2S2. The number of carbonyl (C=O) groups is 1. The highest BCUT2D eigenvalue weighted by molar-refractivity contribution is 7.98. The average molecular weight is 540 g/mol. The van der Waals surface area contributed by atoms with Crippen LogP contribution in [0.2, 0.25) is 5.02 Å². The van der Waals surface area contributed by atoms with Crippen LogP contribution < -0.4 is 0 Å². The molecule has 2 atom stereocenters. The number of aryl methyl sites for hydroxylation is 1. The second-order valence-corrected chi connectivity index (χ2v) is 11.0. The monoisotopic (exact) mass is 539 g/mol. The van der Waals surface area contributed by atoms with Crippen molar-refractivity contribution in [3.8, 4) is 0 Å². The molecule has 9 nitrogen and oxygen atoms in total. The van der Waals surface area contributed by atoms with Gasteiger partial charge in [-0.15, -0.1) is 26.6 Å². The first-order chi connectivity index (χ1) is 17.5. The molecular weight excluding hydrogens is 518 g/mol. The molecule has 0 unspecified atom stereocenters. The van der Waals surface area contributed by atoms with Gasteiger partial charge in [0.2, 0.25) is 0 Å². The molecule has 0 bridgehead atoms. The molecule has 1 aliphatic carbocycles. The van der Waals surface area contributed by atoms with Crippen molar-refractivity contribution in [1.82, 2.24) is 34.3 Å². The van der Waals surface area contributed by atoms with Crippen molar-refractivity contribution in [2.24, 2.45) is 0 Å². The SMILES string of the molecule is CCn1c(SCc2nc3c4c(C)c(C(=O)OC)sc4ncn3n2)nnc1[C@@H]1C[C@H]1c1ccc(Cl)cc1. The molecule has 1 fully saturated rings. The predicted octanol–water partition coefficient (Wildman–Crippen LogP) is 5.26. The molecule has 4 heterocycles. The Hall–Kier alpha value is -3.02. The lowest BCUT2D eigenvalue weighted by Crippen LogP contribution is -2.03. The molecule has 0 radical (unpaired) electrons. The number of carbonyl (C=O) groups excluding carboxylic acids is 1. The molecule has 5 aromatic rings. The number of aromatic nitrogens is 7. The molecule has 0 N–H and O–H groups in total. The van der Waals surface area contributed by atoms with Gasteiger partial charge in [0.25, 0.3) is 0 Å². The zero-order valence-corrected chi connectivity index (χ0v) is 22.2. The Balaban J connectivity index is 1.23. The minimum Gasteiger partial charge on any atom is -0.465 e. The van der Waals surface area contributed by atoms with Gasteiger partial charge in [-0.3, -0.25) is 0 Å². The number of ether oxygens (including phenoxy) is 1. The van der Waals surface area contributed by atoms with Crippen molar-refractivity contribution in [1.29, 1.82) is 0 Å². The number of fused-ring (bicyclic) bond motifs is 3. The smallest absolute Gasteiger partial charge is 0.348 e. The Bertz CT molecular complexity index is 1610. The number of benzene rings is 1. The minimum atomic E-state index is -0.368. The fourth-order valence-corrected chi connectivity index (χ4v) is 6.64. The maximum Gasteiger partial charge on any atom is 0.348 e. The summed E-state index contributed by atoms with van der Waals surface area (Å²) >= 11 is 8.92. The first-order valence-corrected chi connectivity index (χ1v) is 13.7. The number of halogens is 1. The Morgan fingerprint density at radius 2 is 2.06 bits per heavy atom. The summed E-state index contributed by atoms with van der Waals surface area (Å²) in [6, 6.07) is 8.08. The molecule has 36 heavy (non-hydrogen) atoms. The summed E-state index contributed by atoms with van der Waals surface area (Å²) in [5, 5.41) is 16.1. The summed E-state index contributed by atoms with van der Waals surface area (Å²) in [7, 11) is 1.38. The number of methoxy groups -OCH3 is 1. The van der Waals surface area contributed by atoms with Crippen molar-refractivity contribution in [3.05, 3.63) is 63.3 Å². The second kappa shape index (κ2) is 9.13. The molecule has 1 saturated carbocycles. The van der Waals surface area contributed by atoms with Gasteiger partial charge < -0.3 is 9.30 Å². The highest BCUT2D eigenvalue weighted by Crippen LogP contribution is 2.54. The number of rotatable bonds is 7. The zero-order valence-electron chi connectivity index (χ0n) is 19.8. The van der Waals surface area contributed by atoms with E-state index in [-0.39, 0.29) is 5.97 Å². The van der Waals surface area contributed by atoms with Crippen molar-refractivity contribution >= 4 is 56.5 Å². The van der Waals surface area contributed by atoms with Crippen molar-refractivity contribution in [3.63, 3.8) is 0 Å². The highest BCUT2D eigenvalue weighted by atomic mass is 35.5. The maximum absolute atomic E-state index is 12.1. The number of hydrogen-bond donors (Lipinski definition) is 0. The summed E-state index contributed by atoms with van der Waals surface area (Å²) in [6.07, 6.45) is 2.70. The van der Waals surface area contributed by atoms with Crippen molar-refractivity contribution in [2.45, 2.75) is 49.6 Å². The zero-order chi connectivity index (χ0) is 25.0. The van der Waals surface area contributed by atoms with E-state index in [0.717, 1.165) is 44.7 Å². The number of hydrogen-bond acceptors (Lipinski definition) is 9. The molecule has 184 valence electrons. The second-order valence-electron chi connectivity index (χ2n) is 8.64. The van der Waals surface area contributed by atoms with Crippen LogP contribution in [-0.2, 0) is 17.0 Å². The van der Waals surface area contributed by atoms with E-state index in [1.807, 2.05) is 19.1 Å². The lowest BCUT2D eigenvalue weighted by molar-refractivity contribution is 0.0605. The molecule has 0 saturated heterocycles. The molecule has 6 rings (SSSR count). The molecule has 0 amide bonds. The topological polar surface area (TPSA) is 100 Å². The van der Waals surface area contributed by atoms with Gasteiger partial charge in [0.15, 0.2) is 16.6 Å². The van der Waals surface area contributed by atoms with E-state index in [0.29, 0.717) is 33.9 Å². The van der Waals surface area contributed by atoms with E-state index in [1.54, 1.807) is 22.6 Å². The third-order valence-electron chi connectivity index (χ3n) is 6.49. The summed E-state index contributed by atoms with van der Waals surface area (Å²) in [4.78, 5) is 22.6. The van der Waals surface area contributed by atoms with E-state index in [9.17, 15) is 4.79 Å². The van der Waals surface area contributed by atoms with Crippen LogP contribution in [0.5, 0.6) is 0 Å². The predicted molar refractivity (Wildman–Crippen MR) is 139 cm³/mol. The normalized spacial score (nSPS) is 17.2. The van der Waals surface area contributed by atoms with Gasteiger partial charge in [-0.05, 0) is 49.4 Å². The quantitative estimate of drug-likeness (QED) is 0.204. The Morgan fingerprint density at radius 3 is 2.81 bits per heavy atom. The first-order valence-electron chi connectivity index (χ1n) is 11.5. The lowest BCUT2D eigenvalue weighted by Gasteiger charge is -2.06. The Morgan fingerprint density at radius 1 is 1.25 bits per heavy atom. The summed E-state index contributed by atoms with van der Waals surface area (Å²) in [6.45, 7) is 4.79. The van der Waals surface area contributed by atoms with Gasteiger partial charge in [0.1, 0.15) is 21.9 Å². The highest BCUT2D eigenvalue weighted by Gasteiger charge is 2.43. The molecule has 1 aromatic carbocycles. The number of esters is 1. The van der Waals surface area contributed by atoms with Gasteiger partial charge in [0, 0.05) is 17.5 Å². The molecule has 0 spiro atoms. The first kappa shape index (κ1) is 23.4. The van der Waals surface area contributed by atoms with Gasteiger partial charge in [-0.2, -0.15) is 0 Å². The fourth-order valence-electron chi connectivity index (χ4n) is 4.59. The van der Waals surface area contributed by atoms with Crippen molar-refractivity contribution in [2.75, 3.05) is 7.11 Å². The summed E-state index contributed by atoms with van der Waals surface area (Å²) < 4.78 is 8.76. The van der Waals surface area contributed by atoms with E-state index >= 15 is 0 Å². The number of thioether (sulfide) groups is 1. The standard InChI is InChI=1S/C24H22ClN7O2S2/c1-4-31-20(16-9-15(16)13-5-7-14(25)8-6-13)28-29-24(31)35-10-17-27-21-18-12(2)19(23(33)34-3)36-22(18)26-11-32(21)30-17/h5-8,11,15-16H,4,9-10H2,1-3H3/t15-,16+/m0/s1. The van der Waals surface area contributed by atoms with Crippen LogP contribution in [0.3, 0.4) is 0 Å². The van der Waals surface area contributed by atoms with Crippen LogP contribution in [0.4, 0.5) is 0 Å². The largest absolute Gasteiger partial charge is 0.465 e.